The monoisotopic (exact) mass is 312 g/mol. The van der Waals surface area contributed by atoms with Crippen LogP contribution in [0.1, 0.15) is 27.2 Å². The first-order valence-corrected chi connectivity index (χ1v) is 7.47. The van der Waals surface area contributed by atoms with E-state index in [0.29, 0.717) is 24.4 Å². The fourth-order valence-corrected chi connectivity index (χ4v) is 2.10. The molecule has 0 N–H and O–H groups in total. The minimum Gasteiger partial charge on any atom is -0.493 e. The molecule has 0 aliphatic heterocycles. The summed E-state index contributed by atoms with van der Waals surface area (Å²) in [4.78, 5) is 22.9. The van der Waals surface area contributed by atoms with Crippen molar-refractivity contribution in [3.8, 4) is 5.75 Å². The highest BCUT2D eigenvalue weighted by Gasteiger charge is 2.01. The van der Waals surface area contributed by atoms with Gasteiger partial charge in [-0.2, -0.15) is 0 Å². The summed E-state index contributed by atoms with van der Waals surface area (Å²) in [7, 11) is 0. The zero-order chi connectivity index (χ0) is 16.8. The number of rotatable bonds is 6. The van der Waals surface area contributed by atoms with Crippen LogP contribution in [0.15, 0.2) is 62.8 Å². The van der Waals surface area contributed by atoms with Crippen molar-refractivity contribution in [3.05, 3.63) is 64.1 Å². The molecule has 0 unspecified atom stereocenters. The number of ether oxygens (including phenoxy) is 1. The molecule has 0 radical (unpaired) electrons. The Kier molecular flexibility index (Phi) is 5.52. The molecule has 2 aromatic rings. The van der Waals surface area contributed by atoms with E-state index >= 15 is 0 Å². The van der Waals surface area contributed by atoms with Crippen LogP contribution in [0.3, 0.4) is 0 Å². The SMILES string of the molecule is CC(C)=CC(=O)C=C(C)CCOc1ccc2ccc(=O)oc2c1. The van der Waals surface area contributed by atoms with Gasteiger partial charge in [-0.25, -0.2) is 4.79 Å². The van der Waals surface area contributed by atoms with E-state index < -0.39 is 0 Å². The number of ketones is 1. The molecule has 23 heavy (non-hydrogen) atoms. The molecule has 120 valence electrons. The van der Waals surface area contributed by atoms with Gasteiger partial charge in [-0.3, -0.25) is 4.79 Å². The van der Waals surface area contributed by atoms with Gasteiger partial charge in [0.2, 0.25) is 0 Å². The molecule has 0 aliphatic rings. The van der Waals surface area contributed by atoms with Crippen molar-refractivity contribution in [2.45, 2.75) is 27.2 Å². The number of fused-ring (bicyclic) bond motifs is 1. The zero-order valence-electron chi connectivity index (χ0n) is 13.6. The number of carbonyl (C=O) groups is 1. The van der Waals surface area contributed by atoms with Gasteiger partial charge in [0.15, 0.2) is 5.78 Å². The molecule has 0 spiro atoms. The fourth-order valence-electron chi connectivity index (χ4n) is 2.10. The van der Waals surface area contributed by atoms with Crippen LogP contribution in [0.4, 0.5) is 0 Å². The molecule has 0 saturated carbocycles. The molecule has 2 rings (SSSR count). The van der Waals surface area contributed by atoms with Gasteiger partial charge >= 0.3 is 5.63 Å². The van der Waals surface area contributed by atoms with Crippen LogP contribution in [0.2, 0.25) is 0 Å². The summed E-state index contributed by atoms with van der Waals surface area (Å²) in [5.41, 5.74) is 2.06. The molecule has 1 heterocycles. The largest absolute Gasteiger partial charge is 0.493 e. The average molecular weight is 312 g/mol. The summed E-state index contributed by atoms with van der Waals surface area (Å²) < 4.78 is 10.8. The van der Waals surface area contributed by atoms with Crippen LogP contribution >= 0.6 is 0 Å². The van der Waals surface area contributed by atoms with Gasteiger partial charge in [0.25, 0.3) is 0 Å². The molecule has 0 bridgehead atoms. The normalized spacial score (nSPS) is 11.3. The summed E-state index contributed by atoms with van der Waals surface area (Å²) in [6.07, 6.45) is 3.88. The van der Waals surface area contributed by atoms with Crippen molar-refractivity contribution in [1.29, 1.82) is 0 Å². The van der Waals surface area contributed by atoms with E-state index in [1.54, 1.807) is 24.3 Å². The predicted octanol–water partition coefficient (Wildman–Crippen LogP) is 4.04. The molecule has 4 heteroatoms. The predicted molar refractivity (Wildman–Crippen MR) is 90.8 cm³/mol. The van der Waals surface area contributed by atoms with Crippen LogP contribution in [-0.2, 0) is 4.79 Å². The van der Waals surface area contributed by atoms with E-state index in [9.17, 15) is 9.59 Å². The molecule has 0 saturated heterocycles. The topological polar surface area (TPSA) is 56.5 Å². The fraction of sp³-hybridized carbons (Fsp3) is 0.263. The second-order valence-corrected chi connectivity index (χ2v) is 5.67. The number of hydrogen-bond donors (Lipinski definition) is 0. The maximum Gasteiger partial charge on any atom is 0.336 e. The first-order valence-electron chi connectivity index (χ1n) is 7.47. The molecule has 0 fully saturated rings. The Morgan fingerprint density at radius 1 is 1.13 bits per heavy atom. The molecular weight excluding hydrogens is 292 g/mol. The Hall–Kier alpha value is -2.62. The van der Waals surface area contributed by atoms with Gasteiger partial charge < -0.3 is 9.15 Å². The molecule has 1 aromatic carbocycles. The maximum absolute atomic E-state index is 11.6. The minimum absolute atomic E-state index is 0.00465. The Bertz CT molecular complexity index is 821. The molecule has 0 amide bonds. The van der Waals surface area contributed by atoms with Crippen LogP contribution < -0.4 is 10.4 Å². The van der Waals surface area contributed by atoms with E-state index in [0.717, 1.165) is 16.5 Å². The van der Waals surface area contributed by atoms with E-state index in [-0.39, 0.29) is 11.4 Å². The second-order valence-electron chi connectivity index (χ2n) is 5.67. The summed E-state index contributed by atoms with van der Waals surface area (Å²) in [5.74, 6) is 0.630. The van der Waals surface area contributed by atoms with Gasteiger partial charge in [-0.05, 0) is 51.1 Å². The standard InChI is InChI=1S/C19H20O4/c1-13(2)10-16(20)11-14(3)8-9-22-17-6-4-15-5-7-19(21)23-18(15)12-17/h4-7,10-12H,8-9H2,1-3H3. The van der Waals surface area contributed by atoms with Gasteiger partial charge in [-0.15, -0.1) is 0 Å². The lowest BCUT2D eigenvalue weighted by Gasteiger charge is -2.07. The van der Waals surface area contributed by atoms with Gasteiger partial charge in [0.1, 0.15) is 11.3 Å². The minimum atomic E-state index is -0.383. The van der Waals surface area contributed by atoms with Gasteiger partial charge in [0, 0.05) is 23.9 Å². The molecule has 0 atom stereocenters. The summed E-state index contributed by atoms with van der Waals surface area (Å²) in [5, 5.41) is 0.848. The molecule has 1 aromatic heterocycles. The van der Waals surface area contributed by atoms with Crippen LogP contribution in [0.25, 0.3) is 11.0 Å². The first-order chi connectivity index (χ1) is 10.9. The van der Waals surface area contributed by atoms with Gasteiger partial charge in [0.05, 0.1) is 6.61 Å². The third-order valence-corrected chi connectivity index (χ3v) is 3.18. The highest BCUT2D eigenvalue weighted by molar-refractivity contribution is 6.00. The van der Waals surface area contributed by atoms with Crippen molar-refractivity contribution < 1.29 is 13.9 Å². The summed E-state index contributed by atoms with van der Waals surface area (Å²) in [6.45, 7) is 6.14. The second kappa shape index (κ2) is 7.58. The zero-order valence-corrected chi connectivity index (χ0v) is 13.6. The lowest BCUT2D eigenvalue weighted by molar-refractivity contribution is -0.110. The smallest absolute Gasteiger partial charge is 0.336 e. The highest BCUT2D eigenvalue weighted by atomic mass is 16.5. The Balaban J connectivity index is 1.96. The first kappa shape index (κ1) is 16.7. The highest BCUT2D eigenvalue weighted by Crippen LogP contribution is 2.19. The maximum atomic E-state index is 11.6. The van der Waals surface area contributed by atoms with Crippen molar-refractivity contribution in [2.24, 2.45) is 0 Å². The Morgan fingerprint density at radius 3 is 2.61 bits per heavy atom. The van der Waals surface area contributed by atoms with Crippen molar-refractivity contribution in [1.82, 2.24) is 0 Å². The van der Waals surface area contributed by atoms with Crippen LogP contribution in [0.5, 0.6) is 5.75 Å². The van der Waals surface area contributed by atoms with Crippen molar-refractivity contribution in [3.63, 3.8) is 0 Å². The Labute approximate surface area is 135 Å². The quantitative estimate of drug-likeness (QED) is 0.596. The van der Waals surface area contributed by atoms with Gasteiger partial charge in [-0.1, -0.05) is 11.1 Å². The average Bonchev–Trinajstić information content (AvgIpc) is 2.45. The van der Waals surface area contributed by atoms with E-state index in [2.05, 4.69) is 0 Å². The Morgan fingerprint density at radius 2 is 1.87 bits per heavy atom. The van der Waals surface area contributed by atoms with Crippen LogP contribution in [-0.4, -0.2) is 12.4 Å². The number of allylic oxidation sites excluding steroid dienone is 3. The number of benzene rings is 1. The molecular formula is C19H20O4. The van der Waals surface area contributed by atoms with E-state index in [1.165, 1.54) is 6.07 Å². The summed E-state index contributed by atoms with van der Waals surface area (Å²) >= 11 is 0. The van der Waals surface area contributed by atoms with Crippen molar-refractivity contribution >= 4 is 16.8 Å². The lowest BCUT2D eigenvalue weighted by Crippen LogP contribution is -2.00. The number of hydrogen-bond acceptors (Lipinski definition) is 4. The number of carbonyl (C=O) groups excluding carboxylic acids is 1. The van der Waals surface area contributed by atoms with E-state index in [1.807, 2.05) is 32.9 Å². The third kappa shape index (κ3) is 5.25. The molecule has 0 aliphatic carbocycles. The summed E-state index contributed by atoms with van der Waals surface area (Å²) in [6, 6.07) is 8.47. The third-order valence-electron chi connectivity index (χ3n) is 3.18. The van der Waals surface area contributed by atoms with Crippen molar-refractivity contribution in [2.75, 3.05) is 6.61 Å². The van der Waals surface area contributed by atoms with Crippen LogP contribution in [0, 0.1) is 0 Å². The lowest BCUT2D eigenvalue weighted by atomic mass is 10.1. The molecule has 4 nitrogen and oxygen atoms in total. The van der Waals surface area contributed by atoms with E-state index in [4.69, 9.17) is 9.15 Å².